The maximum Gasteiger partial charge on any atom is 0.330 e. The third-order valence-electron chi connectivity index (χ3n) is 7.73. The van der Waals surface area contributed by atoms with E-state index in [2.05, 4.69) is 60.7 Å². The Morgan fingerprint density at radius 2 is 1.62 bits per heavy atom. The van der Waals surface area contributed by atoms with Crippen molar-refractivity contribution < 1.29 is 32.9 Å². The first-order valence-electron chi connectivity index (χ1n) is 14.1. The highest BCUT2D eigenvalue weighted by Crippen LogP contribution is 2.37. The van der Waals surface area contributed by atoms with Gasteiger partial charge in [-0.2, -0.15) is 0 Å². The van der Waals surface area contributed by atoms with Crippen molar-refractivity contribution in [3.8, 4) is 5.75 Å². The van der Waals surface area contributed by atoms with Gasteiger partial charge in [-0.15, -0.1) is 0 Å². The molecule has 0 aliphatic heterocycles. The first kappa shape index (κ1) is 36.1. The van der Waals surface area contributed by atoms with E-state index in [4.69, 9.17) is 28.1 Å². The summed E-state index contributed by atoms with van der Waals surface area (Å²) in [5, 5.41) is 0.159. The van der Waals surface area contributed by atoms with Crippen molar-refractivity contribution >= 4 is 14.3 Å². The summed E-state index contributed by atoms with van der Waals surface area (Å²) in [7, 11) is 2.79. The normalized spacial score (nSPS) is 16.9. The highest BCUT2D eigenvalue weighted by molar-refractivity contribution is 6.74. The number of esters is 1. The number of hydrogen-bond acceptors (Lipinski definition) is 7. The summed E-state index contributed by atoms with van der Waals surface area (Å²) in [5.74, 6) is 0.463. The van der Waals surface area contributed by atoms with Crippen molar-refractivity contribution in [2.24, 2.45) is 17.8 Å². The molecule has 1 aromatic carbocycles. The first-order valence-corrected chi connectivity index (χ1v) is 17.0. The van der Waals surface area contributed by atoms with Crippen LogP contribution < -0.4 is 4.74 Å². The van der Waals surface area contributed by atoms with E-state index in [1.54, 1.807) is 14.2 Å². The Balaban J connectivity index is 3.21. The van der Waals surface area contributed by atoms with Gasteiger partial charge in [-0.3, -0.25) is 0 Å². The van der Waals surface area contributed by atoms with Crippen molar-refractivity contribution in [3.05, 3.63) is 53.6 Å². The lowest BCUT2D eigenvalue weighted by atomic mass is 9.85. The van der Waals surface area contributed by atoms with Gasteiger partial charge in [0.1, 0.15) is 12.5 Å². The number of carbonyl (C=O) groups excluding carboxylic acids is 1. The zero-order chi connectivity index (χ0) is 30.5. The van der Waals surface area contributed by atoms with Crippen LogP contribution in [0.25, 0.3) is 0 Å². The Kier molecular flexibility index (Phi) is 15.4. The average Bonchev–Trinajstić information content (AvgIpc) is 2.90. The molecule has 0 amide bonds. The molecule has 0 fully saturated rings. The van der Waals surface area contributed by atoms with Gasteiger partial charge in [0.15, 0.2) is 8.32 Å². The molecule has 0 radical (unpaired) electrons. The summed E-state index contributed by atoms with van der Waals surface area (Å²) in [4.78, 5) is 11.8. The fraction of sp³-hybridized carbons (Fsp3) is 0.656. The molecule has 0 unspecified atom stereocenters. The van der Waals surface area contributed by atoms with Gasteiger partial charge in [-0.1, -0.05) is 65.8 Å². The van der Waals surface area contributed by atoms with E-state index in [-0.39, 0.29) is 41.8 Å². The molecule has 0 aliphatic rings. The van der Waals surface area contributed by atoms with Crippen LogP contribution in [0.1, 0.15) is 54.0 Å². The Morgan fingerprint density at radius 3 is 2.15 bits per heavy atom. The van der Waals surface area contributed by atoms with Crippen LogP contribution in [0.5, 0.6) is 5.75 Å². The van der Waals surface area contributed by atoms with Crippen LogP contribution in [0.3, 0.4) is 0 Å². The van der Waals surface area contributed by atoms with Crippen LogP contribution in [-0.4, -0.2) is 61.2 Å². The molecule has 0 spiro atoms. The van der Waals surface area contributed by atoms with E-state index in [0.717, 1.165) is 16.9 Å². The van der Waals surface area contributed by atoms with Gasteiger partial charge >= 0.3 is 5.97 Å². The van der Waals surface area contributed by atoms with Gasteiger partial charge < -0.3 is 28.1 Å². The predicted octanol–water partition coefficient (Wildman–Crippen LogP) is 7.18. The van der Waals surface area contributed by atoms with E-state index in [1.807, 2.05) is 37.3 Å². The number of rotatable bonds is 17. The van der Waals surface area contributed by atoms with E-state index in [9.17, 15) is 4.79 Å². The number of methoxy groups -OCH3 is 3. The topological polar surface area (TPSA) is 72.5 Å². The van der Waals surface area contributed by atoms with Gasteiger partial charge in [-0.05, 0) is 54.2 Å². The second-order valence-electron chi connectivity index (χ2n) is 12.2. The monoisotopic (exact) mass is 578 g/mol. The molecular formula is C32H54O7Si. The first-order chi connectivity index (χ1) is 18.7. The molecule has 0 aliphatic carbocycles. The summed E-state index contributed by atoms with van der Waals surface area (Å²) >= 11 is 0. The van der Waals surface area contributed by atoms with Crippen LogP contribution in [0.4, 0.5) is 0 Å². The zero-order valence-electron chi connectivity index (χ0n) is 26.9. The summed E-state index contributed by atoms with van der Waals surface area (Å²) in [6, 6.07) is 7.82. The molecule has 40 heavy (non-hydrogen) atoms. The van der Waals surface area contributed by atoms with Crippen LogP contribution in [0, 0.1) is 17.8 Å². The third-order valence-corrected chi connectivity index (χ3v) is 12.2. The second kappa shape index (κ2) is 17.1. The Hall–Kier alpha value is -1.97. The lowest BCUT2D eigenvalue weighted by Gasteiger charge is -2.37. The van der Waals surface area contributed by atoms with E-state index in [1.165, 1.54) is 13.2 Å². The van der Waals surface area contributed by atoms with Crippen LogP contribution >= 0.6 is 0 Å². The van der Waals surface area contributed by atoms with Crippen LogP contribution in [-0.2, 0) is 34.8 Å². The number of hydrogen-bond donors (Lipinski definition) is 0. The number of ether oxygens (including phenoxy) is 5. The molecule has 0 saturated carbocycles. The highest BCUT2D eigenvalue weighted by atomic mass is 28.4. The van der Waals surface area contributed by atoms with Crippen molar-refractivity contribution in [1.82, 2.24) is 0 Å². The Bertz CT molecular complexity index is 934. The fourth-order valence-corrected chi connectivity index (χ4v) is 5.38. The molecule has 0 bridgehead atoms. The average molecular weight is 579 g/mol. The molecule has 228 valence electrons. The molecule has 0 saturated heterocycles. The predicted molar refractivity (Wildman–Crippen MR) is 164 cm³/mol. The zero-order valence-corrected chi connectivity index (χ0v) is 27.9. The lowest BCUT2D eigenvalue weighted by molar-refractivity contribution is -0.134. The number of carbonyl (C=O) groups is 1. The smallest absolute Gasteiger partial charge is 0.330 e. The Labute approximate surface area is 244 Å². The van der Waals surface area contributed by atoms with Crippen LogP contribution in [0.2, 0.25) is 18.1 Å². The summed E-state index contributed by atoms with van der Waals surface area (Å²) in [5.41, 5.74) is 2.12. The van der Waals surface area contributed by atoms with Gasteiger partial charge in [-0.25, -0.2) is 4.79 Å². The molecular weight excluding hydrogens is 524 g/mol. The molecule has 0 heterocycles. The van der Waals surface area contributed by atoms with Crippen molar-refractivity contribution in [3.63, 3.8) is 0 Å². The minimum atomic E-state index is -1.85. The fourth-order valence-electron chi connectivity index (χ4n) is 4.26. The van der Waals surface area contributed by atoms with Crippen LogP contribution in [0.15, 0.2) is 48.1 Å². The van der Waals surface area contributed by atoms with Gasteiger partial charge in [0.25, 0.3) is 0 Å². The van der Waals surface area contributed by atoms with E-state index < -0.39 is 14.3 Å². The highest BCUT2D eigenvalue weighted by Gasteiger charge is 2.37. The molecule has 1 rings (SSSR count). The SMILES string of the molecule is COCO[C@@H](/C(C)=C/[C@H](C)CO[Si](C)(C)C(C)(C)C)[C@@H](C)[C@H](OCc1ccc(OC)cc1)[C@@H](C)/C=C/C(=O)OC. The maximum absolute atomic E-state index is 11.8. The molecule has 0 N–H and O–H groups in total. The van der Waals surface area contributed by atoms with Gasteiger partial charge in [0.05, 0.1) is 33.0 Å². The minimum absolute atomic E-state index is 0.0598. The maximum atomic E-state index is 11.8. The molecule has 1 aromatic rings. The summed E-state index contributed by atoms with van der Waals surface area (Å²) in [6.07, 6.45) is 5.01. The van der Waals surface area contributed by atoms with Crippen molar-refractivity contribution in [2.75, 3.05) is 34.7 Å². The number of benzene rings is 1. The molecule has 7 nitrogen and oxygen atoms in total. The Morgan fingerprint density at radius 1 is 1.00 bits per heavy atom. The second-order valence-corrected chi connectivity index (χ2v) is 17.0. The van der Waals surface area contributed by atoms with E-state index >= 15 is 0 Å². The summed E-state index contributed by atoms with van der Waals surface area (Å²) < 4.78 is 34.6. The summed E-state index contributed by atoms with van der Waals surface area (Å²) in [6.45, 7) is 21.0. The van der Waals surface area contributed by atoms with Crippen molar-refractivity contribution in [1.29, 1.82) is 0 Å². The largest absolute Gasteiger partial charge is 0.497 e. The quantitative estimate of drug-likeness (QED) is 0.0638. The standard InChI is InChI=1S/C32H54O7Si/c1-23(20-39-40(11,12)32(5,6)7)19-25(3)31(38-22-34-8)26(4)30(24(2)13-18-29(33)36-10)37-21-27-14-16-28(35-9)17-15-27/h13-19,23-24,26,30-31H,20-22H2,1-12H3/b18-13+,25-19+/t23-,24-,26-,30+,31-/m0/s1. The molecule has 0 aromatic heterocycles. The molecule has 5 atom stereocenters. The van der Waals surface area contributed by atoms with Gasteiger partial charge in [0.2, 0.25) is 0 Å². The van der Waals surface area contributed by atoms with Gasteiger partial charge in [0, 0.05) is 31.6 Å². The van der Waals surface area contributed by atoms with Crippen molar-refractivity contribution in [2.45, 2.75) is 85.4 Å². The third kappa shape index (κ3) is 11.9. The van der Waals surface area contributed by atoms with E-state index in [0.29, 0.717) is 13.2 Å². The lowest BCUT2D eigenvalue weighted by Crippen LogP contribution is -2.41. The minimum Gasteiger partial charge on any atom is -0.497 e. The molecule has 8 heteroatoms.